The van der Waals surface area contributed by atoms with Gasteiger partial charge in [0.05, 0.1) is 19.8 Å². The summed E-state index contributed by atoms with van der Waals surface area (Å²) in [5.41, 5.74) is 0. The molecule has 0 aromatic rings. The van der Waals surface area contributed by atoms with Crippen molar-refractivity contribution in [2.75, 3.05) is 18.5 Å². The van der Waals surface area contributed by atoms with Gasteiger partial charge in [0, 0.05) is 6.54 Å². The van der Waals surface area contributed by atoms with Crippen molar-refractivity contribution in [1.82, 2.24) is 5.32 Å². The third-order valence-corrected chi connectivity index (χ3v) is 1.80. The highest BCUT2D eigenvalue weighted by Crippen LogP contribution is 2.23. The lowest BCUT2D eigenvalue weighted by atomic mass is 10.6. The standard InChI is InChI=1S/C4H9BrNO5P/c5-3-4(7)6-1-2-11-12(8,9)10/h1-3H2,(H,6,7)(H2,8,9,10)/p-2. The minimum Gasteiger partial charge on any atom is -0.790 e. The number of phosphoric acid groups is 1. The van der Waals surface area contributed by atoms with Gasteiger partial charge in [-0.3, -0.25) is 4.79 Å². The first kappa shape index (κ1) is 12.1. The summed E-state index contributed by atoms with van der Waals surface area (Å²) in [6.07, 6.45) is 0. The van der Waals surface area contributed by atoms with E-state index in [1.54, 1.807) is 0 Å². The molecule has 0 aliphatic carbocycles. The van der Waals surface area contributed by atoms with E-state index in [0.29, 0.717) is 0 Å². The second-order valence-corrected chi connectivity index (χ2v) is 3.48. The van der Waals surface area contributed by atoms with Crippen molar-refractivity contribution in [2.45, 2.75) is 0 Å². The van der Waals surface area contributed by atoms with Crippen molar-refractivity contribution in [2.24, 2.45) is 0 Å². The van der Waals surface area contributed by atoms with Gasteiger partial charge in [0.15, 0.2) is 0 Å². The molecule has 0 atom stereocenters. The highest BCUT2D eigenvalue weighted by atomic mass is 79.9. The van der Waals surface area contributed by atoms with Crippen LogP contribution in [0.5, 0.6) is 0 Å². The van der Waals surface area contributed by atoms with Crippen LogP contribution in [0.25, 0.3) is 0 Å². The van der Waals surface area contributed by atoms with Gasteiger partial charge in [-0.15, -0.1) is 0 Å². The van der Waals surface area contributed by atoms with Crippen LogP contribution in [-0.2, 0) is 13.9 Å². The third kappa shape index (κ3) is 8.16. The second-order valence-electron chi connectivity index (χ2n) is 1.76. The van der Waals surface area contributed by atoms with Crippen molar-refractivity contribution in [3.8, 4) is 0 Å². The van der Waals surface area contributed by atoms with E-state index in [1.807, 2.05) is 0 Å². The van der Waals surface area contributed by atoms with E-state index in [4.69, 9.17) is 0 Å². The molecular weight excluding hydrogens is 253 g/mol. The molecule has 0 aromatic heterocycles. The van der Waals surface area contributed by atoms with Gasteiger partial charge in [0.25, 0.3) is 0 Å². The molecule has 0 saturated carbocycles. The molecule has 12 heavy (non-hydrogen) atoms. The molecule has 0 saturated heterocycles. The minimum absolute atomic E-state index is 0.00109. The Morgan fingerprint density at radius 1 is 1.58 bits per heavy atom. The zero-order valence-electron chi connectivity index (χ0n) is 5.99. The highest BCUT2D eigenvalue weighted by molar-refractivity contribution is 9.09. The number of phosphoric ester groups is 1. The lowest BCUT2D eigenvalue weighted by Crippen LogP contribution is -2.29. The first-order chi connectivity index (χ1) is 5.45. The first-order valence-corrected chi connectivity index (χ1v) is 5.53. The maximum Gasteiger partial charge on any atom is 0.230 e. The van der Waals surface area contributed by atoms with E-state index < -0.39 is 7.82 Å². The molecule has 1 amide bonds. The summed E-state index contributed by atoms with van der Waals surface area (Å²) in [5.74, 6) is -0.301. The number of rotatable bonds is 5. The molecule has 0 aromatic carbocycles. The van der Waals surface area contributed by atoms with Gasteiger partial charge in [-0.2, -0.15) is 0 Å². The molecule has 6 nitrogen and oxygen atoms in total. The quantitative estimate of drug-likeness (QED) is 0.362. The monoisotopic (exact) mass is 259 g/mol. The van der Waals surface area contributed by atoms with Gasteiger partial charge in [-0.05, 0) is 0 Å². The van der Waals surface area contributed by atoms with Crippen LogP contribution in [-0.4, -0.2) is 24.4 Å². The Morgan fingerprint density at radius 2 is 2.17 bits per heavy atom. The molecule has 0 rings (SSSR count). The fourth-order valence-electron chi connectivity index (χ4n) is 0.395. The van der Waals surface area contributed by atoms with E-state index in [9.17, 15) is 19.1 Å². The summed E-state index contributed by atoms with van der Waals surface area (Å²) >= 11 is 2.88. The molecule has 0 aliphatic rings. The molecule has 1 N–H and O–H groups in total. The van der Waals surface area contributed by atoms with Gasteiger partial charge in [0.1, 0.15) is 0 Å². The Labute approximate surface area is 77.7 Å². The van der Waals surface area contributed by atoms with Crippen molar-refractivity contribution < 1.29 is 23.7 Å². The number of alkyl halides is 1. The Balaban J connectivity index is 3.34. The van der Waals surface area contributed by atoms with Crippen LogP contribution in [0, 0.1) is 0 Å². The normalized spacial score (nSPS) is 11.2. The number of hydrogen-bond donors (Lipinski definition) is 1. The predicted molar refractivity (Wildman–Crippen MR) is 40.4 cm³/mol. The average Bonchev–Trinajstić information content (AvgIpc) is 1.96. The summed E-state index contributed by atoms with van der Waals surface area (Å²) in [6, 6.07) is 0. The number of carbonyl (C=O) groups is 1. The Bertz CT molecular complexity index is 192. The lowest BCUT2D eigenvalue weighted by Gasteiger charge is -2.28. The highest BCUT2D eigenvalue weighted by Gasteiger charge is 1.96. The summed E-state index contributed by atoms with van der Waals surface area (Å²) < 4.78 is 13.7. The largest absolute Gasteiger partial charge is 0.790 e. The summed E-state index contributed by atoms with van der Waals surface area (Å²) in [5, 5.41) is 2.42. The van der Waals surface area contributed by atoms with E-state index in [1.165, 1.54) is 0 Å². The van der Waals surface area contributed by atoms with Gasteiger partial charge in [-0.25, -0.2) is 0 Å². The van der Waals surface area contributed by atoms with Crippen molar-refractivity contribution in [1.29, 1.82) is 0 Å². The van der Waals surface area contributed by atoms with Crippen molar-refractivity contribution in [3.63, 3.8) is 0 Å². The van der Waals surface area contributed by atoms with Crippen LogP contribution in [0.2, 0.25) is 0 Å². The Hall–Kier alpha value is 0.0600. The van der Waals surface area contributed by atoms with Gasteiger partial charge >= 0.3 is 0 Å². The van der Waals surface area contributed by atoms with Crippen LogP contribution in [0.4, 0.5) is 0 Å². The molecule has 72 valence electrons. The Morgan fingerprint density at radius 3 is 2.58 bits per heavy atom. The molecule has 0 heterocycles. The van der Waals surface area contributed by atoms with E-state index in [-0.39, 0.29) is 24.4 Å². The third-order valence-electron chi connectivity index (χ3n) is 0.795. The zero-order chi connectivity index (χ0) is 9.61. The number of amides is 1. The first-order valence-electron chi connectivity index (χ1n) is 2.95. The molecule has 0 radical (unpaired) electrons. The Kier molecular flexibility index (Phi) is 5.69. The van der Waals surface area contributed by atoms with E-state index >= 15 is 0 Å². The molecule has 0 unspecified atom stereocenters. The van der Waals surface area contributed by atoms with E-state index in [0.717, 1.165) is 0 Å². The predicted octanol–water partition coefficient (Wildman–Crippen LogP) is -1.66. The second kappa shape index (κ2) is 5.66. The molecule has 0 spiro atoms. The van der Waals surface area contributed by atoms with Gasteiger partial charge in [0.2, 0.25) is 5.91 Å². The maximum absolute atomic E-state index is 10.5. The molecule has 8 heteroatoms. The van der Waals surface area contributed by atoms with Crippen LogP contribution >= 0.6 is 23.8 Å². The SMILES string of the molecule is O=C(CBr)NCCOP(=O)([O-])[O-]. The smallest absolute Gasteiger partial charge is 0.230 e. The van der Waals surface area contributed by atoms with Crippen molar-refractivity contribution in [3.05, 3.63) is 0 Å². The number of nitrogens with one attached hydrogen (secondary N) is 1. The van der Waals surface area contributed by atoms with E-state index in [2.05, 4.69) is 25.8 Å². The fraction of sp³-hybridized carbons (Fsp3) is 0.750. The molecule has 0 aliphatic heterocycles. The van der Waals surface area contributed by atoms with Gasteiger partial charge < -0.3 is 24.2 Å². The molecule has 0 bridgehead atoms. The van der Waals surface area contributed by atoms with Crippen LogP contribution in [0.1, 0.15) is 0 Å². The summed E-state index contributed by atoms with van der Waals surface area (Å²) in [7, 11) is -4.90. The van der Waals surface area contributed by atoms with Crippen molar-refractivity contribution >= 4 is 29.7 Å². The number of halogens is 1. The average molecular weight is 260 g/mol. The molecular formula is C4H7BrNO5P-2. The number of hydrogen-bond acceptors (Lipinski definition) is 5. The lowest BCUT2D eigenvalue weighted by molar-refractivity contribution is -0.341. The van der Waals surface area contributed by atoms with Crippen LogP contribution < -0.4 is 15.1 Å². The van der Waals surface area contributed by atoms with Crippen LogP contribution in [0.3, 0.4) is 0 Å². The molecule has 0 fully saturated rings. The minimum atomic E-state index is -4.90. The van der Waals surface area contributed by atoms with Gasteiger partial charge in [-0.1, -0.05) is 15.9 Å². The summed E-state index contributed by atoms with van der Waals surface area (Å²) in [4.78, 5) is 30.2. The topological polar surface area (TPSA) is 102 Å². The maximum atomic E-state index is 10.5. The summed E-state index contributed by atoms with van der Waals surface area (Å²) in [6.45, 7) is -0.331. The fourth-order valence-corrected chi connectivity index (χ4v) is 0.908. The van der Waals surface area contributed by atoms with Crippen LogP contribution in [0.15, 0.2) is 0 Å². The zero-order valence-corrected chi connectivity index (χ0v) is 8.47. The number of carbonyl (C=O) groups excluding carboxylic acids is 1.